The zero-order valence-corrected chi connectivity index (χ0v) is 15.5. The van der Waals surface area contributed by atoms with Crippen molar-refractivity contribution in [2.45, 2.75) is 37.4 Å². The summed E-state index contributed by atoms with van der Waals surface area (Å²) in [7, 11) is -3.68. The van der Waals surface area contributed by atoms with Gasteiger partial charge in [0.05, 0.1) is 10.5 Å². The number of amides is 1. The van der Waals surface area contributed by atoms with Crippen LogP contribution >= 0.6 is 0 Å². The molecule has 2 aromatic carbocycles. The van der Waals surface area contributed by atoms with Crippen molar-refractivity contribution in [2.75, 3.05) is 5.32 Å². The largest absolute Gasteiger partial charge is 0.416 e. The summed E-state index contributed by atoms with van der Waals surface area (Å²) in [5, 5.41) is 2.45. The van der Waals surface area contributed by atoms with Gasteiger partial charge >= 0.3 is 6.18 Å². The van der Waals surface area contributed by atoms with E-state index in [1.807, 2.05) is 6.92 Å². The second-order valence-corrected chi connectivity index (χ2v) is 7.70. The maximum Gasteiger partial charge on any atom is 0.416 e. The van der Waals surface area contributed by atoms with Crippen LogP contribution in [0.5, 0.6) is 0 Å². The molecule has 2 aromatic rings. The maximum atomic E-state index is 12.7. The molecule has 0 aliphatic rings. The van der Waals surface area contributed by atoms with Crippen LogP contribution in [0.3, 0.4) is 0 Å². The highest BCUT2D eigenvalue weighted by Crippen LogP contribution is 2.29. The number of hydrogen-bond donors (Lipinski definition) is 2. The number of carbonyl (C=O) groups is 1. The minimum atomic E-state index is -4.55. The first kappa shape index (κ1) is 20.9. The lowest BCUT2D eigenvalue weighted by molar-refractivity contribution is -0.137. The van der Waals surface area contributed by atoms with Gasteiger partial charge in [-0.25, -0.2) is 13.1 Å². The van der Waals surface area contributed by atoms with Crippen LogP contribution in [-0.4, -0.2) is 20.4 Å². The first-order chi connectivity index (χ1) is 12.5. The predicted octanol–water partition coefficient (Wildman–Crippen LogP) is 4.03. The minimum Gasteiger partial charge on any atom is -0.322 e. The summed E-state index contributed by atoms with van der Waals surface area (Å²) < 4.78 is 65.1. The van der Waals surface area contributed by atoms with Crippen molar-refractivity contribution in [3.05, 3.63) is 59.7 Å². The molecule has 1 unspecified atom stereocenters. The molecule has 0 aromatic heterocycles. The van der Waals surface area contributed by atoms with Gasteiger partial charge in [0.1, 0.15) is 0 Å². The van der Waals surface area contributed by atoms with E-state index in [2.05, 4.69) is 10.0 Å². The molecule has 0 aliphatic carbocycles. The molecular formula is C18H19F3N2O3S. The molecule has 1 amide bonds. The quantitative estimate of drug-likeness (QED) is 0.769. The van der Waals surface area contributed by atoms with Gasteiger partial charge in [0.25, 0.3) is 5.91 Å². The number of alkyl halides is 3. The number of hydrogen-bond acceptors (Lipinski definition) is 3. The fourth-order valence-corrected chi connectivity index (χ4v) is 3.50. The topological polar surface area (TPSA) is 75.3 Å². The number of benzene rings is 2. The molecule has 5 nitrogen and oxygen atoms in total. The van der Waals surface area contributed by atoms with Gasteiger partial charge in [-0.05, 0) is 55.8 Å². The second kappa shape index (κ2) is 8.10. The molecule has 0 aliphatic heterocycles. The molecule has 146 valence electrons. The van der Waals surface area contributed by atoms with Gasteiger partial charge in [-0.15, -0.1) is 0 Å². The Morgan fingerprint density at radius 2 is 1.74 bits per heavy atom. The standard InChI is InChI=1S/C18H19F3N2O3S/c1-3-12(2)23-27(25,26)16-9-7-15(8-10-16)22-17(24)13-5-4-6-14(11-13)18(19,20)21/h4-12,23H,3H2,1-2H3,(H,22,24). The van der Waals surface area contributed by atoms with Crippen LogP contribution in [0.25, 0.3) is 0 Å². The van der Waals surface area contributed by atoms with Gasteiger partial charge in [0.15, 0.2) is 0 Å². The monoisotopic (exact) mass is 400 g/mol. The van der Waals surface area contributed by atoms with E-state index in [0.717, 1.165) is 18.2 Å². The van der Waals surface area contributed by atoms with Crippen LogP contribution in [0.15, 0.2) is 53.4 Å². The van der Waals surface area contributed by atoms with E-state index in [4.69, 9.17) is 0 Å². The Morgan fingerprint density at radius 3 is 2.30 bits per heavy atom. The van der Waals surface area contributed by atoms with Crippen molar-refractivity contribution < 1.29 is 26.4 Å². The van der Waals surface area contributed by atoms with Gasteiger partial charge in [-0.2, -0.15) is 13.2 Å². The van der Waals surface area contributed by atoms with Crippen LogP contribution < -0.4 is 10.0 Å². The summed E-state index contributed by atoms with van der Waals surface area (Å²) in [5.74, 6) is -0.727. The normalized spacial score (nSPS) is 13.2. The Morgan fingerprint density at radius 1 is 1.11 bits per heavy atom. The predicted molar refractivity (Wildman–Crippen MR) is 95.9 cm³/mol. The summed E-state index contributed by atoms with van der Waals surface area (Å²) in [4.78, 5) is 12.2. The number of sulfonamides is 1. The molecule has 0 heterocycles. The Bertz CT molecular complexity index is 910. The zero-order valence-electron chi connectivity index (χ0n) is 14.7. The van der Waals surface area contributed by atoms with E-state index in [1.165, 1.54) is 30.3 Å². The van der Waals surface area contributed by atoms with Crippen molar-refractivity contribution in [3.8, 4) is 0 Å². The molecule has 0 fully saturated rings. The summed E-state index contributed by atoms with van der Waals surface area (Å²) in [6.45, 7) is 3.58. The first-order valence-corrected chi connectivity index (χ1v) is 9.62. The number of carbonyl (C=O) groups excluding carboxylic acids is 1. The maximum absolute atomic E-state index is 12.7. The van der Waals surface area contributed by atoms with Crippen molar-refractivity contribution >= 4 is 21.6 Å². The second-order valence-electron chi connectivity index (χ2n) is 5.99. The Balaban J connectivity index is 2.14. The molecule has 9 heteroatoms. The lowest BCUT2D eigenvalue weighted by Crippen LogP contribution is -2.31. The third-order valence-corrected chi connectivity index (χ3v) is 5.45. The zero-order chi connectivity index (χ0) is 20.2. The van der Waals surface area contributed by atoms with E-state index < -0.39 is 27.7 Å². The van der Waals surface area contributed by atoms with Crippen molar-refractivity contribution in [3.63, 3.8) is 0 Å². The Hall–Kier alpha value is -2.39. The van der Waals surface area contributed by atoms with Gasteiger partial charge in [-0.1, -0.05) is 13.0 Å². The molecule has 27 heavy (non-hydrogen) atoms. The van der Waals surface area contributed by atoms with E-state index in [9.17, 15) is 26.4 Å². The summed E-state index contributed by atoms with van der Waals surface area (Å²) >= 11 is 0. The number of rotatable bonds is 6. The SMILES string of the molecule is CCC(C)NS(=O)(=O)c1ccc(NC(=O)c2cccc(C(F)(F)F)c2)cc1. The van der Waals surface area contributed by atoms with Gasteiger partial charge in [0, 0.05) is 17.3 Å². The third kappa shape index (κ3) is 5.54. The van der Waals surface area contributed by atoms with Crippen LogP contribution in [0, 0.1) is 0 Å². The van der Waals surface area contributed by atoms with Gasteiger partial charge in [0.2, 0.25) is 10.0 Å². The average molecular weight is 400 g/mol. The Kier molecular flexibility index (Phi) is 6.27. The average Bonchev–Trinajstić information content (AvgIpc) is 2.61. The van der Waals surface area contributed by atoms with E-state index in [0.29, 0.717) is 6.42 Å². The first-order valence-electron chi connectivity index (χ1n) is 8.14. The molecule has 2 N–H and O–H groups in total. The smallest absolute Gasteiger partial charge is 0.322 e. The van der Waals surface area contributed by atoms with Crippen molar-refractivity contribution in [1.29, 1.82) is 0 Å². The van der Waals surface area contributed by atoms with E-state index in [-0.39, 0.29) is 22.2 Å². The minimum absolute atomic E-state index is 0.0277. The molecule has 0 spiro atoms. The molecular weight excluding hydrogens is 381 g/mol. The lowest BCUT2D eigenvalue weighted by Gasteiger charge is -2.13. The molecule has 0 saturated heterocycles. The number of nitrogens with one attached hydrogen (secondary N) is 2. The molecule has 0 saturated carbocycles. The highest BCUT2D eigenvalue weighted by molar-refractivity contribution is 7.89. The fourth-order valence-electron chi connectivity index (χ4n) is 2.17. The van der Waals surface area contributed by atoms with Crippen molar-refractivity contribution in [2.24, 2.45) is 0 Å². The molecule has 0 radical (unpaired) electrons. The van der Waals surface area contributed by atoms with Crippen LogP contribution in [0.2, 0.25) is 0 Å². The summed E-state index contributed by atoms with van der Waals surface area (Å²) in [6, 6.07) is 9.18. The number of halogens is 3. The highest BCUT2D eigenvalue weighted by atomic mass is 32.2. The van der Waals surface area contributed by atoms with Crippen molar-refractivity contribution in [1.82, 2.24) is 4.72 Å². The van der Waals surface area contributed by atoms with E-state index in [1.54, 1.807) is 6.92 Å². The Labute approximate surface area is 155 Å². The van der Waals surface area contributed by atoms with Crippen LogP contribution in [0.4, 0.5) is 18.9 Å². The third-order valence-electron chi connectivity index (χ3n) is 3.84. The summed E-state index contributed by atoms with van der Waals surface area (Å²) in [5.41, 5.74) is -0.812. The molecule has 2 rings (SSSR count). The molecule has 0 bridgehead atoms. The van der Waals surface area contributed by atoms with Gasteiger partial charge < -0.3 is 5.32 Å². The highest BCUT2D eigenvalue weighted by Gasteiger charge is 2.30. The van der Waals surface area contributed by atoms with Crippen LogP contribution in [0.1, 0.15) is 36.2 Å². The summed E-state index contributed by atoms with van der Waals surface area (Å²) in [6.07, 6.45) is -3.92. The molecule has 1 atom stereocenters. The fraction of sp³-hybridized carbons (Fsp3) is 0.278. The number of anilines is 1. The van der Waals surface area contributed by atoms with Crippen LogP contribution in [-0.2, 0) is 16.2 Å². The lowest BCUT2D eigenvalue weighted by atomic mass is 10.1. The van der Waals surface area contributed by atoms with E-state index >= 15 is 0 Å². The van der Waals surface area contributed by atoms with Gasteiger partial charge in [-0.3, -0.25) is 4.79 Å².